The number of carbonyl (C=O) groups excluding carboxylic acids is 2. The van der Waals surface area contributed by atoms with Gasteiger partial charge in [0, 0.05) is 29.9 Å². The van der Waals surface area contributed by atoms with Gasteiger partial charge in [-0.2, -0.15) is 0 Å². The molecule has 4 heterocycles. The molecule has 0 spiro atoms. The molecule has 12 nitrogen and oxygen atoms in total. The normalized spacial score (nSPS) is 18.9. The maximum atomic E-state index is 15.1. The number of hydrogen-bond donors (Lipinski definition) is 1. The summed E-state index contributed by atoms with van der Waals surface area (Å²) in [4.78, 5) is 35.5. The molecule has 0 unspecified atom stereocenters. The number of halogens is 1. The summed E-state index contributed by atoms with van der Waals surface area (Å²) in [5, 5.41) is 14.4. The van der Waals surface area contributed by atoms with Gasteiger partial charge < -0.3 is 19.6 Å². The summed E-state index contributed by atoms with van der Waals surface area (Å²) in [5.41, 5.74) is 1.94. The van der Waals surface area contributed by atoms with Gasteiger partial charge in [0.15, 0.2) is 6.10 Å². The maximum Gasteiger partial charge on any atom is 0.414 e. The number of oxime groups is 1. The standard InChI is InChI=1S/C26H28FN7O5/c1-26(2,3)38-24(35)29-13-18-11-23(31-39-18)22-7-4-16(12-28-22)20-6-5-17(10-21(20)27)34-15-19(37-25(34)36)14-33-9-8-30-32-33/h4-10,12,18-19H,11,13-15H2,1-3H3,(H,29,35)/t18-,19-/m0/s1. The van der Waals surface area contributed by atoms with E-state index < -0.39 is 29.7 Å². The first-order chi connectivity index (χ1) is 18.6. The summed E-state index contributed by atoms with van der Waals surface area (Å²) in [7, 11) is 0. The van der Waals surface area contributed by atoms with Gasteiger partial charge in [0.1, 0.15) is 23.2 Å². The van der Waals surface area contributed by atoms with Crippen LogP contribution in [-0.2, 0) is 20.9 Å². The zero-order valence-electron chi connectivity index (χ0n) is 21.7. The zero-order valence-corrected chi connectivity index (χ0v) is 21.7. The van der Waals surface area contributed by atoms with Gasteiger partial charge in [-0.3, -0.25) is 9.88 Å². The molecule has 1 saturated heterocycles. The summed E-state index contributed by atoms with van der Waals surface area (Å²) in [6.07, 6.45) is 3.40. The highest BCUT2D eigenvalue weighted by molar-refractivity contribution is 5.99. The highest BCUT2D eigenvalue weighted by atomic mass is 19.1. The number of hydrogen-bond acceptors (Lipinski definition) is 9. The number of anilines is 1. The van der Waals surface area contributed by atoms with Crippen LogP contribution in [0.4, 0.5) is 19.7 Å². The average molecular weight is 538 g/mol. The van der Waals surface area contributed by atoms with Crippen molar-refractivity contribution < 1.29 is 28.3 Å². The van der Waals surface area contributed by atoms with Crippen molar-refractivity contribution in [3.8, 4) is 11.1 Å². The first-order valence-corrected chi connectivity index (χ1v) is 12.4. The van der Waals surface area contributed by atoms with E-state index in [2.05, 4.69) is 25.8 Å². The van der Waals surface area contributed by atoms with Crippen molar-refractivity contribution in [3.05, 3.63) is 60.4 Å². The molecule has 2 atom stereocenters. The largest absolute Gasteiger partial charge is 0.444 e. The number of pyridine rings is 1. The van der Waals surface area contributed by atoms with Crippen molar-refractivity contribution in [1.82, 2.24) is 25.3 Å². The number of aromatic nitrogens is 4. The molecule has 0 saturated carbocycles. The third kappa shape index (κ3) is 6.30. The lowest BCUT2D eigenvalue weighted by molar-refractivity contribution is 0.0439. The number of nitrogens with zero attached hydrogens (tertiary/aromatic N) is 6. The van der Waals surface area contributed by atoms with Crippen LogP contribution in [0.2, 0.25) is 0 Å². The van der Waals surface area contributed by atoms with E-state index in [4.69, 9.17) is 14.3 Å². The molecule has 5 rings (SSSR count). The van der Waals surface area contributed by atoms with Gasteiger partial charge >= 0.3 is 12.2 Å². The van der Waals surface area contributed by atoms with Crippen LogP contribution in [0.3, 0.4) is 0 Å². The number of nitrogens with one attached hydrogen (secondary N) is 1. The van der Waals surface area contributed by atoms with E-state index >= 15 is 4.39 Å². The number of amides is 2. The van der Waals surface area contributed by atoms with Gasteiger partial charge in [0.25, 0.3) is 0 Å². The van der Waals surface area contributed by atoms with Crippen molar-refractivity contribution in [2.24, 2.45) is 5.16 Å². The van der Waals surface area contributed by atoms with Crippen LogP contribution < -0.4 is 10.2 Å². The van der Waals surface area contributed by atoms with Gasteiger partial charge in [-0.1, -0.05) is 16.4 Å². The van der Waals surface area contributed by atoms with Crippen molar-refractivity contribution in [3.63, 3.8) is 0 Å². The van der Waals surface area contributed by atoms with Gasteiger partial charge in [-0.25, -0.2) is 18.7 Å². The van der Waals surface area contributed by atoms with Crippen molar-refractivity contribution >= 4 is 23.6 Å². The molecule has 2 aliphatic heterocycles. The third-order valence-corrected chi connectivity index (χ3v) is 5.98. The molecule has 0 radical (unpaired) electrons. The van der Waals surface area contributed by atoms with Crippen LogP contribution in [0, 0.1) is 5.82 Å². The SMILES string of the molecule is CC(C)(C)OC(=O)NC[C@@H]1CC(c2ccc(-c3ccc(N4C[C@H](Cn5ccnn5)OC4=O)cc3F)cn2)=NO1. The fourth-order valence-corrected chi connectivity index (χ4v) is 4.20. The molecular formula is C26H28FN7O5. The molecular weight excluding hydrogens is 509 g/mol. The first-order valence-electron chi connectivity index (χ1n) is 12.4. The monoisotopic (exact) mass is 537 g/mol. The Balaban J connectivity index is 1.18. The van der Waals surface area contributed by atoms with E-state index in [9.17, 15) is 9.59 Å². The Morgan fingerprint density at radius 1 is 1.23 bits per heavy atom. The number of alkyl carbamates (subject to hydrolysis) is 1. The molecule has 2 aromatic heterocycles. The lowest BCUT2D eigenvalue weighted by Gasteiger charge is -2.20. The Hall–Kier alpha value is -4.55. The van der Waals surface area contributed by atoms with Crippen LogP contribution in [-0.4, -0.2) is 68.8 Å². The smallest absolute Gasteiger partial charge is 0.414 e. The highest BCUT2D eigenvalue weighted by Crippen LogP contribution is 2.29. The molecule has 39 heavy (non-hydrogen) atoms. The van der Waals surface area contributed by atoms with Crippen molar-refractivity contribution in [2.45, 2.75) is 51.5 Å². The fourth-order valence-electron chi connectivity index (χ4n) is 4.20. The molecule has 1 N–H and O–H groups in total. The Morgan fingerprint density at radius 3 is 2.77 bits per heavy atom. The second-order valence-electron chi connectivity index (χ2n) is 10.2. The fraction of sp³-hybridized carbons (Fsp3) is 0.385. The predicted molar refractivity (Wildman–Crippen MR) is 138 cm³/mol. The van der Waals surface area contributed by atoms with Crippen LogP contribution >= 0.6 is 0 Å². The zero-order chi connectivity index (χ0) is 27.6. The van der Waals surface area contributed by atoms with E-state index in [0.29, 0.717) is 41.2 Å². The Morgan fingerprint density at radius 2 is 2.08 bits per heavy atom. The molecule has 204 valence electrons. The van der Waals surface area contributed by atoms with E-state index in [1.54, 1.807) is 68.3 Å². The van der Waals surface area contributed by atoms with Gasteiger partial charge in [0.05, 0.1) is 37.2 Å². The van der Waals surface area contributed by atoms with E-state index in [-0.39, 0.29) is 19.2 Å². The molecule has 13 heteroatoms. The minimum absolute atomic E-state index is 0.239. The molecule has 2 aliphatic rings. The number of ether oxygens (including phenoxy) is 2. The van der Waals surface area contributed by atoms with Crippen molar-refractivity contribution in [2.75, 3.05) is 18.0 Å². The van der Waals surface area contributed by atoms with E-state index in [1.807, 2.05) is 0 Å². The van der Waals surface area contributed by atoms with Crippen LogP contribution in [0.5, 0.6) is 0 Å². The average Bonchev–Trinajstić information content (AvgIpc) is 3.64. The minimum Gasteiger partial charge on any atom is -0.444 e. The Bertz CT molecular complexity index is 1370. The summed E-state index contributed by atoms with van der Waals surface area (Å²) < 4.78 is 27.3. The third-order valence-electron chi connectivity index (χ3n) is 5.98. The Labute approximate surface area is 223 Å². The molecule has 1 fully saturated rings. The molecule has 0 bridgehead atoms. The van der Waals surface area contributed by atoms with Crippen LogP contribution in [0.1, 0.15) is 32.9 Å². The number of cyclic esters (lactones) is 1. The molecule has 1 aromatic carbocycles. The second kappa shape index (κ2) is 10.7. The molecule has 3 aromatic rings. The second-order valence-corrected chi connectivity index (χ2v) is 10.2. The Kier molecular flexibility index (Phi) is 7.13. The summed E-state index contributed by atoms with van der Waals surface area (Å²) >= 11 is 0. The lowest BCUT2D eigenvalue weighted by atomic mass is 10.0. The number of rotatable bonds is 7. The number of carbonyl (C=O) groups is 2. The minimum atomic E-state index is -0.587. The topological polar surface area (TPSA) is 133 Å². The van der Waals surface area contributed by atoms with Crippen LogP contribution in [0.25, 0.3) is 11.1 Å². The highest BCUT2D eigenvalue weighted by Gasteiger charge is 2.33. The first kappa shape index (κ1) is 26.1. The van der Waals surface area contributed by atoms with Crippen LogP contribution in [0.15, 0.2) is 54.1 Å². The summed E-state index contributed by atoms with van der Waals surface area (Å²) in [5.74, 6) is -0.496. The maximum absolute atomic E-state index is 15.1. The summed E-state index contributed by atoms with van der Waals surface area (Å²) in [6, 6.07) is 8.06. The predicted octanol–water partition coefficient (Wildman–Crippen LogP) is 3.52. The van der Waals surface area contributed by atoms with E-state index in [0.717, 1.165) is 0 Å². The molecule has 0 aliphatic carbocycles. The molecule has 2 amide bonds. The summed E-state index contributed by atoms with van der Waals surface area (Å²) in [6.45, 7) is 6.23. The quantitative estimate of drug-likeness (QED) is 0.484. The van der Waals surface area contributed by atoms with E-state index in [1.165, 1.54) is 11.0 Å². The van der Waals surface area contributed by atoms with Gasteiger partial charge in [-0.15, -0.1) is 5.10 Å². The number of benzene rings is 1. The van der Waals surface area contributed by atoms with Gasteiger partial charge in [-0.05, 0) is 45.0 Å². The van der Waals surface area contributed by atoms with Crippen molar-refractivity contribution in [1.29, 1.82) is 0 Å². The van der Waals surface area contributed by atoms with Gasteiger partial charge in [0.2, 0.25) is 0 Å². The lowest BCUT2D eigenvalue weighted by Crippen LogP contribution is -2.37.